The van der Waals surface area contributed by atoms with E-state index in [1.165, 1.54) is 17.3 Å². The molecule has 1 unspecified atom stereocenters. The van der Waals surface area contributed by atoms with Crippen molar-refractivity contribution in [2.45, 2.75) is 39.3 Å². The van der Waals surface area contributed by atoms with Crippen LogP contribution in [0.2, 0.25) is 0 Å². The number of aromatic nitrogens is 3. The highest BCUT2D eigenvalue weighted by molar-refractivity contribution is 5.85. The van der Waals surface area contributed by atoms with Gasteiger partial charge >= 0.3 is 5.97 Å². The maximum Gasteiger partial charge on any atom is 0.326 e. The first-order valence-corrected chi connectivity index (χ1v) is 5.84. The van der Waals surface area contributed by atoms with Crippen LogP contribution in [0.15, 0.2) is 12.7 Å². The number of amides is 1. The average molecular weight is 254 g/mol. The first-order valence-electron chi connectivity index (χ1n) is 5.84. The van der Waals surface area contributed by atoms with Crippen molar-refractivity contribution in [2.75, 3.05) is 0 Å². The molecule has 1 heterocycles. The van der Waals surface area contributed by atoms with Crippen molar-refractivity contribution in [1.82, 2.24) is 20.1 Å². The highest BCUT2D eigenvalue weighted by Crippen LogP contribution is 2.10. The lowest BCUT2D eigenvalue weighted by Gasteiger charge is -2.22. The van der Waals surface area contributed by atoms with Crippen LogP contribution in [0, 0.1) is 5.92 Å². The quantitative estimate of drug-likeness (QED) is 0.768. The van der Waals surface area contributed by atoms with E-state index < -0.39 is 18.1 Å². The predicted molar refractivity (Wildman–Crippen MR) is 63.8 cm³/mol. The van der Waals surface area contributed by atoms with Crippen molar-refractivity contribution in [3.63, 3.8) is 0 Å². The van der Waals surface area contributed by atoms with E-state index in [-0.39, 0.29) is 11.8 Å². The second kappa shape index (κ2) is 6.13. The molecule has 7 heteroatoms. The highest BCUT2D eigenvalue weighted by atomic mass is 16.4. The normalized spacial score (nSPS) is 15.7. The van der Waals surface area contributed by atoms with Crippen LogP contribution < -0.4 is 5.32 Å². The van der Waals surface area contributed by atoms with Crippen LogP contribution in [-0.2, 0) is 9.59 Å². The van der Waals surface area contributed by atoms with Crippen LogP contribution in [0.1, 0.15) is 33.2 Å². The molecule has 0 aliphatic carbocycles. The Morgan fingerprint density at radius 3 is 2.56 bits per heavy atom. The summed E-state index contributed by atoms with van der Waals surface area (Å²) in [5.74, 6) is -1.54. The largest absolute Gasteiger partial charge is 0.480 e. The molecule has 0 bridgehead atoms. The lowest BCUT2D eigenvalue weighted by molar-refractivity contribution is -0.143. The zero-order valence-electron chi connectivity index (χ0n) is 10.7. The molecule has 1 aromatic rings. The number of hydrogen-bond donors (Lipinski definition) is 2. The van der Waals surface area contributed by atoms with E-state index in [0.29, 0.717) is 6.42 Å². The first kappa shape index (κ1) is 14.1. The zero-order chi connectivity index (χ0) is 13.7. The second-order valence-corrected chi connectivity index (χ2v) is 4.26. The number of carboxylic acids is 1. The molecule has 7 nitrogen and oxygen atoms in total. The molecule has 1 aromatic heterocycles. The molecule has 1 rings (SSSR count). The third-order valence-corrected chi connectivity index (χ3v) is 2.99. The SMILES string of the molecule is CC[C@H](C)[C@H](NC(=O)C(C)n1cncn1)C(=O)O. The molecule has 0 spiro atoms. The molecule has 1 amide bonds. The summed E-state index contributed by atoms with van der Waals surface area (Å²) >= 11 is 0. The molecular weight excluding hydrogens is 236 g/mol. The van der Waals surface area contributed by atoms with E-state index in [4.69, 9.17) is 5.11 Å². The summed E-state index contributed by atoms with van der Waals surface area (Å²) in [7, 11) is 0. The van der Waals surface area contributed by atoms with Crippen LogP contribution >= 0.6 is 0 Å². The summed E-state index contributed by atoms with van der Waals surface area (Å²) in [6.07, 6.45) is 3.42. The molecular formula is C11H18N4O3. The van der Waals surface area contributed by atoms with Crippen LogP contribution in [0.5, 0.6) is 0 Å². The van der Waals surface area contributed by atoms with E-state index in [9.17, 15) is 9.59 Å². The molecule has 18 heavy (non-hydrogen) atoms. The third-order valence-electron chi connectivity index (χ3n) is 2.99. The van der Waals surface area contributed by atoms with E-state index in [0.717, 1.165) is 0 Å². The monoisotopic (exact) mass is 254 g/mol. The molecule has 0 aromatic carbocycles. The van der Waals surface area contributed by atoms with Crippen molar-refractivity contribution >= 4 is 11.9 Å². The van der Waals surface area contributed by atoms with Gasteiger partial charge in [-0.15, -0.1) is 0 Å². The summed E-state index contributed by atoms with van der Waals surface area (Å²) in [5, 5.41) is 15.5. The Kier molecular flexibility index (Phi) is 4.82. The number of carbonyl (C=O) groups excluding carboxylic acids is 1. The van der Waals surface area contributed by atoms with Crippen molar-refractivity contribution in [2.24, 2.45) is 5.92 Å². The number of nitrogens with one attached hydrogen (secondary N) is 1. The van der Waals surface area contributed by atoms with Gasteiger partial charge in [-0.25, -0.2) is 14.5 Å². The molecule has 0 aliphatic heterocycles. The van der Waals surface area contributed by atoms with Crippen LogP contribution in [-0.4, -0.2) is 37.8 Å². The number of hydrogen-bond acceptors (Lipinski definition) is 4. The zero-order valence-corrected chi connectivity index (χ0v) is 10.7. The van der Waals surface area contributed by atoms with Crippen LogP contribution in [0.4, 0.5) is 0 Å². The first-order chi connectivity index (χ1) is 8.47. The summed E-state index contributed by atoms with van der Waals surface area (Å²) in [6.45, 7) is 5.31. The Bertz CT molecular complexity index is 404. The molecule has 0 saturated heterocycles. The topological polar surface area (TPSA) is 97.1 Å². The Morgan fingerprint density at radius 2 is 2.11 bits per heavy atom. The summed E-state index contributed by atoms with van der Waals surface area (Å²) in [4.78, 5) is 26.8. The van der Waals surface area contributed by atoms with E-state index >= 15 is 0 Å². The lowest BCUT2D eigenvalue weighted by atomic mass is 9.99. The predicted octanol–water partition coefficient (Wildman–Crippen LogP) is 0.455. The molecule has 0 saturated carbocycles. The molecule has 0 radical (unpaired) electrons. The Labute approximate surface area is 105 Å². The second-order valence-electron chi connectivity index (χ2n) is 4.26. The van der Waals surface area contributed by atoms with Gasteiger partial charge in [0.05, 0.1) is 0 Å². The van der Waals surface area contributed by atoms with Crippen molar-refractivity contribution in [3.8, 4) is 0 Å². The minimum absolute atomic E-state index is 0.130. The fourth-order valence-electron chi connectivity index (χ4n) is 1.49. The van der Waals surface area contributed by atoms with Crippen molar-refractivity contribution in [3.05, 3.63) is 12.7 Å². The lowest BCUT2D eigenvalue weighted by Crippen LogP contribution is -2.47. The summed E-state index contributed by atoms with van der Waals surface area (Å²) < 4.78 is 1.38. The standard InChI is InChI=1S/C11H18N4O3/c1-4-7(2)9(11(17)18)14-10(16)8(3)15-6-12-5-13-15/h5-9H,4H2,1-3H3,(H,14,16)(H,17,18)/t7-,8?,9-/m0/s1. The van der Waals surface area contributed by atoms with E-state index in [2.05, 4.69) is 15.4 Å². The minimum atomic E-state index is -1.02. The van der Waals surface area contributed by atoms with Crippen LogP contribution in [0.3, 0.4) is 0 Å². The molecule has 0 aliphatic rings. The van der Waals surface area contributed by atoms with Gasteiger partial charge in [0.2, 0.25) is 5.91 Å². The Morgan fingerprint density at radius 1 is 1.44 bits per heavy atom. The van der Waals surface area contributed by atoms with Gasteiger partial charge in [-0.2, -0.15) is 5.10 Å². The van der Waals surface area contributed by atoms with Gasteiger partial charge in [-0.05, 0) is 12.8 Å². The van der Waals surface area contributed by atoms with Gasteiger partial charge in [0.15, 0.2) is 0 Å². The summed E-state index contributed by atoms with van der Waals surface area (Å²) in [6, 6.07) is -1.47. The number of rotatable bonds is 6. The smallest absolute Gasteiger partial charge is 0.326 e. The van der Waals surface area contributed by atoms with E-state index in [1.807, 2.05) is 6.92 Å². The Balaban J connectivity index is 2.70. The van der Waals surface area contributed by atoms with Gasteiger partial charge in [-0.1, -0.05) is 20.3 Å². The molecule has 100 valence electrons. The number of aliphatic carboxylic acids is 1. The molecule has 0 fully saturated rings. The van der Waals surface area contributed by atoms with Crippen molar-refractivity contribution < 1.29 is 14.7 Å². The Hall–Kier alpha value is -1.92. The fourth-order valence-corrected chi connectivity index (χ4v) is 1.49. The maximum absolute atomic E-state index is 11.9. The van der Waals surface area contributed by atoms with Gasteiger partial charge in [-0.3, -0.25) is 4.79 Å². The number of carbonyl (C=O) groups is 2. The summed E-state index contributed by atoms with van der Waals surface area (Å²) in [5.41, 5.74) is 0. The van der Waals surface area contributed by atoms with Crippen molar-refractivity contribution in [1.29, 1.82) is 0 Å². The molecule has 2 N–H and O–H groups in total. The fraction of sp³-hybridized carbons (Fsp3) is 0.636. The molecule has 3 atom stereocenters. The average Bonchev–Trinajstić information content (AvgIpc) is 2.87. The third kappa shape index (κ3) is 3.28. The number of nitrogens with zero attached hydrogens (tertiary/aromatic N) is 3. The van der Waals surface area contributed by atoms with Gasteiger partial charge < -0.3 is 10.4 Å². The van der Waals surface area contributed by atoms with Gasteiger partial charge in [0, 0.05) is 0 Å². The minimum Gasteiger partial charge on any atom is -0.480 e. The number of carboxylic acid groups (broad SMARTS) is 1. The maximum atomic E-state index is 11.9. The van der Waals surface area contributed by atoms with Gasteiger partial charge in [0.1, 0.15) is 24.7 Å². The van der Waals surface area contributed by atoms with E-state index in [1.54, 1.807) is 13.8 Å². The van der Waals surface area contributed by atoms with Gasteiger partial charge in [0.25, 0.3) is 0 Å². The highest BCUT2D eigenvalue weighted by Gasteiger charge is 2.27. The van der Waals surface area contributed by atoms with Crippen LogP contribution in [0.25, 0.3) is 0 Å².